The summed E-state index contributed by atoms with van der Waals surface area (Å²) >= 11 is 12.3. The lowest BCUT2D eigenvalue weighted by Crippen LogP contribution is -2.67. The van der Waals surface area contributed by atoms with Gasteiger partial charge in [-0.1, -0.05) is 23.2 Å². The topological polar surface area (TPSA) is 100 Å². The van der Waals surface area contributed by atoms with Crippen molar-refractivity contribution in [1.29, 1.82) is 5.41 Å². The number of ether oxygens (including phenoxy) is 1. The van der Waals surface area contributed by atoms with E-state index in [9.17, 15) is 4.39 Å². The van der Waals surface area contributed by atoms with Gasteiger partial charge in [0.2, 0.25) is 0 Å². The van der Waals surface area contributed by atoms with Crippen molar-refractivity contribution in [3.63, 3.8) is 0 Å². The van der Waals surface area contributed by atoms with Crippen molar-refractivity contribution < 1.29 is 9.13 Å². The van der Waals surface area contributed by atoms with Crippen LogP contribution < -0.4 is 20.7 Å². The minimum absolute atomic E-state index is 0.0541. The molecule has 2 fully saturated rings. The fraction of sp³-hybridized carbons (Fsp3) is 0.292. The SMILES string of the molecule is N=C(c1cnc(N2CC3(CCCN3)C2)c(F)c1)c1cc(OCc2c(Cl)cncc2Cl)ccc1N. The van der Waals surface area contributed by atoms with E-state index in [-0.39, 0.29) is 17.9 Å². The van der Waals surface area contributed by atoms with Crippen LogP contribution >= 0.6 is 23.2 Å². The normalized spacial score (nSPS) is 16.5. The molecule has 5 rings (SSSR count). The number of nitrogens with zero attached hydrogens (tertiary/aromatic N) is 3. The number of benzene rings is 1. The number of nitrogens with one attached hydrogen (secondary N) is 2. The summed E-state index contributed by atoms with van der Waals surface area (Å²) in [5.41, 5.74) is 8.00. The van der Waals surface area contributed by atoms with Gasteiger partial charge in [0.25, 0.3) is 0 Å². The molecule has 1 aromatic carbocycles. The second-order valence-electron chi connectivity index (χ2n) is 8.69. The van der Waals surface area contributed by atoms with Crippen molar-refractivity contribution in [2.75, 3.05) is 30.3 Å². The summed E-state index contributed by atoms with van der Waals surface area (Å²) in [7, 11) is 0. The molecule has 2 saturated heterocycles. The second-order valence-corrected chi connectivity index (χ2v) is 9.50. The van der Waals surface area contributed by atoms with Crippen LogP contribution in [0, 0.1) is 11.2 Å². The molecule has 2 aromatic heterocycles. The van der Waals surface area contributed by atoms with Gasteiger partial charge in [-0.05, 0) is 43.7 Å². The van der Waals surface area contributed by atoms with E-state index in [1.807, 2.05) is 4.90 Å². The summed E-state index contributed by atoms with van der Waals surface area (Å²) in [5, 5.41) is 12.9. The van der Waals surface area contributed by atoms with Gasteiger partial charge in [0.05, 0.1) is 21.3 Å². The van der Waals surface area contributed by atoms with E-state index in [2.05, 4.69) is 15.3 Å². The number of pyridine rings is 2. The van der Waals surface area contributed by atoms with E-state index < -0.39 is 5.82 Å². The Morgan fingerprint density at radius 3 is 2.65 bits per heavy atom. The van der Waals surface area contributed by atoms with Gasteiger partial charge in [-0.25, -0.2) is 9.37 Å². The van der Waals surface area contributed by atoms with E-state index in [4.69, 9.17) is 39.1 Å². The molecule has 10 heteroatoms. The Labute approximate surface area is 206 Å². The van der Waals surface area contributed by atoms with Crippen molar-refractivity contribution in [1.82, 2.24) is 15.3 Å². The molecule has 2 aliphatic rings. The van der Waals surface area contributed by atoms with E-state index in [1.54, 1.807) is 18.2 Å². The van der Waals surface area contributed by atoms with E-state index in [0.717, 1.165) is 32.5 Å². The van der Waals surface area contributed by atoms with Crippen LogP contribution in [0.1, 0.15) is 29.5 Å². The van der Waals surface area contributed by atoms with Gasteiger partial charge in [0, 0.05) is 54.1 Å². The Hall–Kier alpha value is -2.94. The number of hydrogen-bond donors (Lipinski definition) is 3. The largest absolute Gasteiger partial charge is 0.489 e. The van der Waals surface area contributed by atoms with Gasteiger partial charge >= 0.3 is 0 Å². The highest BCUT2D eigenvalue weighted by Crippen LogP contribution is 2.34. The first-order valence-electron chi connectivity index (χ1n) is 10.9. The van der Waals surface area contributed by atoms with Gasteiger partial charge < -0.3 is 20.7 Å². The monoisotopic (exact) mass is 500 g/mol. The summed E-state index contributed by atoms with van der Waals surface area (Å²) in [6.07, 6.45) is 6.74. The zero-order valence-corrected chi connectivity index (χ0v) is 19.8. The maximum atomic E-state index is 14.9. The lowest BCUT2D eigenvalue weighted by atomic mass is 9.88. The third-order valence-corrected chi connectivity index (χ3v) is 7.01. The summed E-state index contributed by atoms with van der Waals surface area (Å²) in [6, 6.07) is 6.30. The van der Waals surface area contributed by atoms with Crippen LogP contribution in [0.4, 0.5) is 15.9 Å². The van der Waals surface area contributed by atoms with Gasteiger partial charge in [0.1, 0.15) is 12.4 Å². The fourth-order valence-corrected chi connectivity index (χ4v) is 4.98. The fourth-order valence-electron chi connectivity index (χ4n) is 4.50. The van der Waals surface area contributed by atoms with Crippen molar-refractivity contribution in [3.05, 3.63) is 75.4 Å². The molecule has 2 aliphatic heterocycles. The number of hydrogen-bond acceptors (Lipinski definition) is 7. The van der Waals surface area contributed by atoms with E-state index in [0.29, 0.717) is 44.0 Å². The van der Waals surface area contributed by atoms with Crippen LogP contribution in [0.2, 0.25) is 10.0 Å². The Bertz CT molecular complexity index is 1240. The summed E-state index contributed by atoms with van der Waals surface area (Å²) < 4.78 is 20.8. The molecule has 0 bridgehead atoms. The van der Waals surface area contributed by atoms with Crippen LogP contribution in [0.25, 0.3) is 0 Å². The molecular weight excluding hydrogens is 478 g/mol. The number of halogens is 3. The summed E-state index contributed by atoms with van der Waals surface area (Å²) in [6.45, 7) is 2.61. The average Bonchev–Trinajstić information content (AvgIpc) is 3.29. The Morgan fingerprint density at radius 2 is 1.97 bits per heavy atom. The molecule has 1 spiro atoms. The van der Waals surface area contributed by atoms with Gasteiger partial charge in [-0.15, -0.1) is 0 Å². The molecule has 4 heterocycles. The molecule has 0 radical (unpaired) electrons. The first-order valence-corrected chi connectivity index (χ1v) is 11.7. The third kappa shape index (κ3) is 4.29. The second kappa shape index (κ2) is 9.02. The molecule has 3 aromatic rings. The maximum absolute atomic E-state index is 14.9. The Kier molecular flexibility index (Phi) is 6.06. The highest BCUT2D eigenvalue weighted by atomic mass is 35.5. The first-order chi connectivity index (χ1) is 16.3. The maximum Gasteiger partial charge on any atom is 0.166 e. The lowest BCUT2D eigenvalue weighted by Gasteiger charge is -2.49. The lowest BCUT2D eigenvalue weighted by molar-refractivity contribution is 0.290. The molecular formula is C24H23Cl2FN6O. The predicted molar refractivity (Wildman–Crippen MR) is 132 cm³/mol. The molecule has 34 heavy (non-hydrogen) atoms. The zero-order valence-electron chi connectivity index (χ0n) is 18.2. The molecule has 0 unspecified atom stereocenters. The predicted octanol–water partition coefficient (Wildman–Crippen LogP) is 4.44. The van der Waals surface area contributed by atoms with E-state index >= 15 is 0 Å². The summed E-state index contributed by atoms with van der Waals surface area (Å²) in [4.78, 5) is 10.2. The molecule has 4 N–H and O–H groups in total. The number of nitrogens with two attached hydrogens (primary N) is 1. The first kappa shape index (κ1) is 22.8. The van der Waals surface area contributed by atoms with Crippen molar-refractivity contribution >= 4 is 40.4 Å². The average molecular weight is 501 g/mol. The number of nitrogen functional groups attached to an aromatic ring is 1. The van der Waals surface area contributed by atoms with E-state index in [1.165, 1.54) is 24.7 Å². The molecule has 0 saturated carbocycles. The molecule has 7 nitrogen and oxygen atoms in total. The van der Waals surface area contributed by atoms with Gasteiger partial charge in [-0.2, -0.15) is 0 Å². The smallest absolute Gasteiger partial charge is 0.166 e. The highest BCUT2D eigenvalue weighted by Gasteiger charge is 2.45. The van der Waals surface area contributed by atoms with Crippen LogP contribution in [-0.2, 0) is 6.61 Å². The number of rotatable bonds is 6. The molecule has 176 valence electrons. The van der Waals surface area contributed by atoms with Crippen molar-refractivity contribution in [3.8, 4) is 5.75 Å². The minimum Gasteiger partial charge on any atom is -0.489 e. The third-order valence-electron chi connectivity index (χ3n) is 6.36. The molecule has 0 aliphatic carbocycles. The summed E-state index contributed by atoms with van der Waals surface area (Å²) in [5.74, 6) is 0.327. The number of aromatic nitrogens is 2. The standard InChI is InChI=1S/C24H23Cl2FN6O/c25-18-9-30-10-19(26)17(18)11-34-15-2-3-21(28)16(7-15)22(29)14-6-20(27)23(31-8-14)33-12-24(13-33)4-1-5-32-24/h2-3,6-10,29,32H,1,4-5,11-13,28H2. The quantitative estimate of drug-likeness (QED) is 0.341. The van der Waals surface area contributed by atoms with Gasteiger partial charge in [0.15, 0.2) is 11.6 Å². The molecule has 0 atom stereocenters. The van der Waals surface area contributed by atoms with Gasteiger partial charge in [-0.3, -0.25) is 10.4 Å². The number of anilines is 2. The van der Waals surface area contributed by atoms with Crippen LogP contribution in [0.5, 0.6) is 5.75 Å². The van der Waals surface area contributed by atoms with Crippen LogP contribution in [-0.4, -0.2) is 40.9 Å². The highest BCUT2D eigenvalue weighted by molar-refractivity contribution is 6.35. The zero-order chi connectivity index (χ0) is 23.9. The molecule has 0 amide bonds. The van der Waals surface area contributed by atoms with Crippen molar-refractivity contribution in [2.45, 2.75) is 25.0 Å². The van der Waals surface area contributed by atoms with Crippen LogP contribution in [0.3, 0.4) is 0 Å². The Balaban J connectivity index is 1.31. The van der Waals surface area contributed by atoms with Crippen LogP contribution in [0.15, 0.2) is 42.9 Å². The Morgan fingerprint density at radius 1 is 1.21 bits per heavy atom. The minimum atomic E-state index is -0.456. The van der Waals surface area contributed by atoms with Crippen molar-refractivity contribution in [2.24, 2.45) is 0 Å².